The fourth-order valence-electron chi connectivity index (χ4n) is 4.10. The van der Waals surface area contributed by atoms with Gasteiger partial charge in [-0.3, -0.25) is 4.99 Å². The molecule has 0 amide bonds. The average Bonchev–Trinajstić information content (AvgIpc) is 3.15. The largest absolute Gasteiger partial charge is 0.354 e. The number of nitrogens with zero attached hydrogens (tertiary/aromatic N) is 2. The quantitative estimate of drug-likeness (QED) is 0.340. The normalized spacial score (nSPS) is 20.0. The number of aliphatic imine (C=N–C) groups is 1. The fourth-order valence-corrected chi connectivity index (χ4v) is 4.58. The summed E-state index contributed by atoms with van der Waals surface area (Å²) in [5.41, 5.74) is 2.60. The Balaban J connectivity index is 0.00000243. The van der Waals surface area contributed by atoms with Crippen LogP contribution >= 0.6 is 39.9 Å². The minimum atomic E-state index is 0. The van der Waals surface area contributed by atoms with Crippen LogP contribution in [0.25, 0.3) is 0 Å². The summed E-state index contributed by atoms with van der Waals surface area (Å²) >= 11 is 3.52. The van der Waals surface area contributed by atoms with Crippen LogP contribution in [0.5, 0.6) is 0 Å². The number of guanidine groups is 1. The lowest BCUT2D eigenvalue weighted by Crippen LogP contribution is -2.50. The van der Waals surface area contributed by atoms with Gasteiger partial charge in [0, 0.05) is 43.2 Å². The Morgan fingerprint density at radius 1 is 1.19 bits per heavy atom. The molecular formula is C20H32BrIN4. The first-order valence-corrected chi connectivity index (χ1v) is 10.4. The molecule has 0 aromatic heterocycles. The molecule has 0 radical (unpaired) electrons. The molecule has 1 aliphatic carbocycles. The molecule has 3 rings (SSSR count). The van der Waals surface area contributed by atoms with Crippen molar-refractivity contribution in [3.05, 3.63) is 33.8 Å². The molecule has 2 fully saturated rings. The molecule has 1 aromatic carbocycles. The second-order valence-electron chi connectivity index (χ2n) is 7.39. The SMILES string of the molecule is CN=C(NCc1ccc(Br)cc1C)NC1CCN(C2CCCC2)CC1.I. The molecule has 4 nitrogen and oxygen atoms in total. The van der Waals surface area contributed by atoms with Crippen molar-refractivity contribution < 1.29 is 0 Å². The van der Waals surface area contributed by atoms with Gasteiger partial charge < -0.3 is 15.5 Å². The summed E-state index contributed by atoms with van der Waals surface area (Å²) in [6, 6.07) is 7.82. The molecule has 0 bridgehead atoms. The number of rotatable bonds is 4. The van der Waals surface area contributed by atoms with E-state index in [1.807, 2.05) is 7.05 Å². The van der Waals surface area contributed by atoms with Gasteiger partial charge in [0.15, 0.2) is 5.96 Å². The number of nitrogens with one attached hydrogen (secondary N) is 2. The van der Waals surface area contributed by atoms with Gasteiger partial charge in [-0.2, -0.15) is 0 Å². The Kier molecular flexibility index (Phi) is 9.17. The highest BCUT2D eigenvalue weighted by Crippen LogP contribution is 2.26. The molecule has 0 unspecified atom stereocenters. The first-order chi connectivity index (χ1) is 12.2. The summed E-state index contributed by atoms with van der Waals surface area (Å²) < 4.78 is 1.13. The van der Waals surface area contributed by atoms with E-state index in [-0.39, 0.29) is 24.0 Å². The number of hydrogen-bond donors (Lipinski definition) is 2. The van der Waals surface area contributed by atoms with E-state index in [2.05, 4.69) is 61.6 Å². The molecule has 1 aliphatic heterocycles. The number of piperidine rings is 1. The Hall–Kier alpha value is -0.340. The maximum atomic E-state index is 4.41. The van der Waals surface area contributed by atoms with Crippen LogP contribution in [0.2, 0.25) is 0 Å². The number of likely N-dealkylation sites (tertiary alicyclic amines) is 1. The van der Waals surface area contributed by atoms with Crippen LogP contribution in [-0.2, 0) is 6.54 Å². The second-order valence-corrected chi connectivity index (χ2v) is 8.31. The lowest BCUT2D eigenvalue weighted by molar-refractivity contribution is 0.150. The predicted molar refractivity (Wildman–Crippen MR) is 124 cm³/mol. The summed E-state index contributed by atoms with van der Waals surface area (Å²) in [5, 5.41) is 7.09. The molecule has 0 atom stereocenters. The van der Waals surface area contributed by atoms with Gasteiger partial charge in [-0.15, -0.1) is 24.0 Å². The molecule has 1 heterocycles. The zero-order valence-corrected chi connectivity index (χ0v) is 19.8. The van der Waals surface area contributed by atoms with Crippen LogP contribution in [-0.4, -0.2) is 43.1 Å². The van der Waals surface area contributed by atoms with Gasteiger partial charge >= 0.3 is 0 Å². The molecule has 1 aromatic rings. The topological polar surface area (TPSA) is 39.7 Å². The average molecular weight is 535 g/mol. The van der Waals surface area contributed by atoms with Crippen molar-refractivity contribution in [2.24, 2.45) is 4.99 Å². The third-order valence-corrected chi connectivity index (χ3v) is 6.18. The molecule has 146 valence electrons. The van der Waals surface area contributed by atoms with Gasteiger partial charge in [0.25, 0.3) is 0 Å². The van der Waals surface area contributed by atoms with Crippen LogP contribution < -0.4 is 10.6 Å². The summed E-state index contributed by atoms with van der Waals surface area (Å²) in [4.78, 5) is 7.13. The minimum absolute atomic E-state index is 0. The molecule has 26 heavy (non-hydrogen) atoms. The highest BCUT2D eigenvalue weighted by molar-refractivity contribution is 14.0. The highest BCUT2D eigenvalue weighted by atomic mass is 127. The fraction of sp³-hybridized carbons (Fsp3) is 0.650. The van der Waals surface area contributed by atoms with Gasteiger partial charge in [0.1, 0.15) is 0 Å². The standard InChI is InChI=1S/C20H31BrN4.HI/c1-15-13-17(21)8-7-16(15)14-23-20(22-2)24-18-9-11-25(12-10-18)19-5-3-4-6-19;/h7-8,13,18-19H,3-6,9-12,14H2,1-2H3,(H2,22,23,24);1H. The van der Waals surface area contributed by atoms with E-state index in [1.165, 1.54) is 62.7 Å². The van der Waals surface area contributed by atoms with E-state index in [4.69, 9.17) is 0 Å². The maximum absolute atomic E-state index is 4.41. The Morgan fingerprint density at radius 2 is 1.88 bits per heavy atom. The Bertz CT molecular complexity index is 593. The summed E-state index contributed by atoms with van der Waals surface area (Å²) in [7, 11) is 1.86. The van der Waals surface area contributed by atoms with E-state index in [1.54, 1.807) is 0 Å². The summed E-state index contributed by atoms with van der Waals surface area (Å²) in [5.74, 6) is 0.918. The van der Waals surface area contributed by atoms with Crippen molar-refractivity contribution in [3.63, 3.8) is 0 Å². The highest BCUT2D eigenvalue weighted by Gasteiger charge is 2.27. The van der Waals surface area contributed by atoms with E-state index >= 15 is 0 Å². The van der Waals surface area contributed by atoms with E-state index in [0.717, 1.165) is 23.0 Å². The number of halogens is 2. The first kappa shape index (κ1) is 22.0. The molecule has 1 saturated heterocycles. The molecule has 1 saturated carbocycles. The number of aryl methyl sites for hydroxylation is 1. The molecular weight excluding hydrogens is 503 g/mol. The minimum Gasteiger partial charge on any atom is -0.354 e. The van der Waals surface area contributed by atoms with E-state index in [0.29, 0.717) is 6.04 Å². The second kappa shape index (κ2) is 10.9. The van der Waals surface area contributed by atoms with Gasteiger partial charge in [0.05, 0.1) is 0 Å². The van der Waals surface area contributed by atoms with Crippen molar-refractivity contribution in [2.75, 3.05) is 20.1 Å². The van der Waals surface area contributed by atoms with Gasteiger partial charge in [-0.1, -0.05) is 34.8 Å². The third-order valence-electron chi connectivity index (χ3n) is 5.69. The molecule has 6 heteroatoms. The number of hydrogen-bond acceptors (Lipinski definition) is 2. The maximum Gasteiger partial charge on any atom is 0.191 e. The summed E-state index contributed by atoms with van der Waals surface area (Å²) in [6.07, 6.45) is 8.11. The van der Waals surface area contributed by atoms with Crippen molar-refractivity contribution in [1.82, 2.24) is 15.5 Å². The lowest BCUT2D eigenvalue weighted by atomic mass is 10.0. The van der Waals surface area contributed by atoms with Gasteiger partial charge in [0.2, 0.25) is 0 Å². The van der Waals surface area contributed by atoms with E-state index < -0.39 is 0 Å². The number of benzene rings is 1. The molecule has 2 N–H and O–H groups in total. The van der Waals surface area contributed by atoms with Crippen LogP contribution in [0.1, 0.15) is 49.7 Å². The van der Waals surface area contributed by atoms with Crippen LogP contribution in [0.15, 0.2) is 27.7 Å². The Morgan fingerprint density at radius 3 is 2.50 bits per heavy atom. The molecule has 2 aliphatic rings. The molecule has 0 spiro atoms. The van der Waals surface area contributed by atoms with Gasteiger partial charge in [-0.25, -0.2) is 0 Å². The lowest BCUT2D eigenvalue weighted by Gasteiger charge is -2.36. The van der Waals surface area contributed by atoms with Crippen molar-refractivity contribution in [1.29, 1.82) is 0 Å². The van der Waals surface area contributed by atoms with Crippen molar-refractivity contribution in [3.8, 4) is 0 Å². The van der Waals surface area contributed by atoms with E-state index in [9.17, 15) is 0 Å². The summed E-state index contributed by atoms with van der Waals surface area (Å²) in [6.45, 7) is 5.41. The third kappa shape index (κ3) is 6.09. The van der Waals surface area contributed by atoms with Crippen LogP contribution in [0.4, 0.5) is 0 Å². The Labute approximate surface area is 183 Å². The first-order valence-electron chi connectivity index (χ1n) is 9.62. The zero-order chi connectivity index (χ0) is 17.6. The van der Waals surface area contributed by atoms with Crippen molar-refractivity contribution in [2.45, 2.75) is 64.1 Å². The van der Waals surface area contributed by atoms with Crippen LogP contribution in [0.3, 0.4) is 0 Å². The van der Waals surface area contributed by atoms with Gasteiger partial charge in [-0.05, 0) is 55.9 Å². The zero-order valence-electron chi connectivity index (χ0n) is 15.9. The van der Waals surface area contributed by atoms with Crippen LogP contribution in [0, 0.1) is 6.92 Å². The predicted octanol–water partition coefficient (Wildman–Crippen LogP) is 4.45. The smallest absolute Gasteiger partial charge is 0.191 e. The monoisotopic (exact) mass is 534 g/mol. The van der Waals surface area contributed by atoms with Crippen molar-refractivity contribution >= 4 is 45.9 Å².